The van der Waals surface area contributed by atoms with Gasteiger partial charge in [-0.05, 0) is 26.1 Å². The van der Waals surface area contributed by atoms with Crippen molar-refractivity contribution < 1.29 is 4.42 Å². The summed E-state index contributed by atoms with van der Waals surface area (Å²) >= 11 is 0. The van der Waals surface area contributed by atoms with Crippen LogP contribution >= 0.6 is 0 Å². The average molecular weight is 234 g/mol. The first-order valence-corrected chi connectivity index (χ1v) is 5.57. The third-order valence-electron chi connectivity index (χ3n) is 2.83. The summed E-state index contributed by atoms with van der Waals surface area (Å²) in [6, 6.07) is 3.86. The number of nitrogens with zero attached hydrogens (tertiary/aromatic N) is 3. The highest BCUT2D eigenvalue weighted by Crippen LogP contribution is 2.17. The molecule has 0 atom stereocenters. The van der Waals surface area contributed by atoms with Crippen LogP contribution in [0.3, 0.4) is 0 Å². The van der Waals surface area contributed by atoms with Gasteiger partial charge in [-0.25, -0.2) is 0 Å². The molecule has 2 aromatic rings. The Morgan fingerprint density at radius 2 is 2.24 bits per heavy atom. The molecule has 0 aliphatic rings. The molecule has 92 valence electrons. The van der Waals surface area contributed by atoms with Crippen molar-refractivity contribution in [3.05, 3.63) is 35.4 Å². The molecule has 0 aliphatic carbocycles. The van der Waals surface area contributed by atoms with Crippen LogP contribution in [0.5, 0.6) is 0 Å². The number of hydrogen-bond acceptors (Lipinski definition) is 4. The molecule has 5 heteroatoms. The highest BCUT2D eigenvalue weighted by atomic mass is 16.3. The molecule has 0 aliphatic heterocycles. The van der Waals surface area contributed by atoms with Crippen molar-refractivity contribution in [2.24, 2.45) is 7.05 Å². The highest BCUT2D eigenvalue weighted by Gasteiger charge is 2.13. The van der Waals surface area contributed by atoms with Gasteiger partial charge in [-0.2, -0.15) is 5.10 Å². The zero-order valence-electron chi connectivity index (χ0n) is 10.5. The smallest absolute Gasteiger partial charge is 0.126 e. The highest BCUT2D eigenvalue weighted by molar-refractivity contribution is 5.42. The molecule has 5 nitrogen and oxygen atoms in total. The van der Waals surface area contributed by atoms with Gasteiger partial charge in [0.15, 0.2) is 0 Å². The molecule has 0 aromatic carbocycles. The van der Waals surface area contributed by atoms with E-state index in [1.807, 2.05) is 33.2 Å². The Bertz CT molecular complexity index is 487. The zero-order valence-corrected chi connectivity index (χ0v) is 10.5. The van der Waals surface area contributed by atoms with E-state index in [4.69, 9.17) is 10.2 Å². The van der Waals surface area contributed by atoms with Gasteiger partial charge in [-0.3, -0.25) is 9.58 Å². The number of furan rings is 1. The first-order valence-electron chi connectivity index (χ1n) is 5.57. The second-order valence-electron chi connectivity index (χ2n) is 4.32. The van der Waals surface area contributed by atoms with Crippen LogP contribution in [-0.2, 0) is 20.1 Å². The summed E-state index contributed by atoms with van der Waals surface area (Å²) < 4.78 is 7.03. The van der Waals surface area contributed by atoms with E-state index >= 15 is 0 Å². The minimum absolute atomic E-state index is 0.730. The zero-order chi connectivity index (χ0) is 12.4. The summed E-state index contributed by atoms with van der Waals surface area (Å²) in [6.45, 7) is 3.51. The van der Waals surface area contributed by atoms with Gasteiger partial charge in [-0.1, -0.05) is 0 Å². The Morgan fingerprint density at radius 1 is 1.47 bits per heavy atom. The maximum Gasteiger partial charge on any atom is 0.126 e. The average Bonchev–Trinajstić information content (AvgIpc) is 2.83. The van der Waals surface area contributed by atoms with Gasteiger partial charge < -0.3 is 10.2 Å². The first-order chi connectivity index (χ1) is 8.08. The van der Waals surface area contributed by atoms with Crippen molar-refractivity contribution in [2.75, 3.05) is 12.8 Å². The third-order valence-corrected chi connectivity index (χ3v) is 2.83. The fraction of sp³-hybridized carbons (Fsp3) is 0.417. The Morgan fingerprint density at radius 3 is 2.76 bits per heavy atom. The molecule has 2 rings (SSSR count). The summed E-state index contributed by atoms with van der Waals surface area (Å²) in [6.07, 6.45) is 1.69. The molecular formula is C12H18N4O. The molecule has 2 heterocycles. The van der Waals surface area contributed by atoms with E-state index in [0.29, 0.717) is 0 Å². The summed E-state index contributed by atoms with van der Waals surface area (Å²) in [4.78, 5) is 2.15. The molecule has 0 fully saturated rings. The number of nitrogen functional groups attached to an aromatic ring is 1. The van der Waals surface area contributed by atoms with E-state index in [0.717, 1.165) is 35.9 Å². The van der Waals surface area contributed by atoms with E-state index in [2.05, 4.69) is 10.00 Å². The molecule has 0 unspecified atom stereocenters. The molecule has 2 N–H and O–H groups in total. The Balaban J connectivity index is 2.05. The maximum absolute atomic E-state index is 5.98. The van der Waals surface area contributed by atoms with E-state index in [1.54, 1.807) is 10.9 Å². The van der Waals surface area contributed by atoms with Crippen LogP contribution in [0.1, 0.15) is 17.0 Å². The van der Waals surface area contributed by atoms with Crippen LogP contribution in [0, 0.1) is 6.92 Å². The van der Waals surface area contributed by atoms with E-state index in [9.17, 15) is 0 Å². The Kier molecular flexibility index (Phi) is 3.19. The van der Waals surface area contributed by atoms with Crippen molar-refractivity contribution in [2.45, 2.75) is 20.0 Å². The quantitative estimate of drug-likeness (QED) is 0.871. The number of aryl methyl sites for hydroxylation is 2. The predicted molar refractivity (Wildman–Crippen MR) is 66.2 cm³/mol. The van der Waals surface area contributed by atoms with Gasteiger partial charge in [0.2, 0.25) is 0 Å². The lowest BCUT2D eigenvalue weighted by molar-refractivity contribution is 0.288. The SMILES string of the molecule is Cc1nn(C)c(N)c1CN(C)Cc1ccco1. The van der Waals surface area contributed by atoms with Gasteiger partial charge in [-0.15, -0.1) is 0 Å². The molecule has 0 saturated carbocycles. The maximum atomic E-state index is 5.98. The van der Waals surface area contributed by atoms with Gasteiger partial charge in [0.1, 0.15) is 11.6 Å². The minimum atomic E-state index is 0.730. The molecular weight excluding hydrogens is 216 g/mol. The van der Waals surface area contributed by atoms with Crippen LogP contribution in [0.2, 0.25) is 0 Å². The van der Waals surface area contributed by atoms with Crippen molar-refractivity contribution in [3.63, 3.8) is 0 Å². The lowest BCUT2D eigenvalue weighted by Crippen LogP contribution is -2.18. The fourth-order valence-corrected chi connectivity index (χ4v) is 1.91. The molecule has 2 aromatic heterocycles. The number of rotatable bonds is 4. The van der Waals surface area contributed by atoms with E-state index in [1.165, 1.54) is 0 Å². The second-order valence-corrected chi connectivity index (χ2v) is 4.32. The van der Waals surface area contributed by atoms with Crippen molar-refractivity contribution in [1.82, 2.24) is 14.7 Å². The third kappa shape index (κ3) is 2.50. The largest absolute Gasteiger partial charge is 0.468 e. The van der Waals surface area contributed by atoms with Crippen LogP contribution in [-0.4, -0.2) is 21.7 Å². The Hall–Kier alpha value is -1.75. The summed E-state index contributed by atoms with van der Waals surface area (Å²) in [5.41, 5.74) is 8.04. The molecule has 0 saturated heterocycles. The van der Waals surface area contributed by atoms with Crippen LogP contribution < -0.4 is 5.73 Å². The van der Waals surface area contributed by atoms with Crippen molar-refractivity contribution >= 4 is 5.82 Å². The normalized spacial score (nSPS) is 11.3. The number of nitrogens with two attached hydrogens (primary N) is 1. The van der Waals surface area contributed by atoms with Crippen molar-refractivity contribution in [3.8, 4) is 0 Å². The fourth-order valence-electron chi connectivity index (χ4n) is 1.91. The predicted octanol–water partition coefficient (Wildman–Crippen LogP) is 1.54. The first kappa shape index (κ1) is 11.7. The Labute approximate surface area is 101 Å². The van der Waals surface area contributed by atoms with Crippen LogP contribution in [0.15, 0.2) is 22.8 Å². The summed E-state index contributed by atoms with van der Waals surface area (Å²) in [5, 5.41) is 4.30. The molecule has 0 bridgehead atoms. The van der Waals surface area contributed by atoms with Crippen molar-refractivity contribution in [1.29, 1.82) is 0 Å². The standard InChI is InChI=1S/C12H18N4O/c1-9-11(12(13)16(3)14-9)8-15(2)7-10-5-4-6-17-10/h4-6H,7-8,13H2,1-3H3. The van der Waals surface area contributed by atoms with Crippen LogP contribution in [0.25, 0.3) is 0 Å². The molecule has 0 radical (unpaired) electrons. The molecule has 0 amide bonds. The number of hydrogen-bond donors (Lipinski definition) is 1. The summed E-state index contributed by atoms with van der Waals surface area (Å²) in [5.74, 6) is 1.68. The molecule has 0 spiro atoms. The van der Waals surface area contributed by atoms with Gasteiger partial charge in [0, 0.05) is 19.2 Å². The van der Waals surface area contributed by atoms with Gasteiger partial charge in [0.05, 0.1) is 18.5 Å². The monoisotopic (exact) mass is 234 g/mol. The van der Waals surface area contributed by atoms with Gasteiger partial charge in [0.25, 0.3) is 0 Å². The topological polar surface area (TPSA) is 60.2 Å². The van der Waals surface area contributed by atoms with E-state index < -0.39 is 0 Å². The summed E-state index contributed by atoms with van der Waals surface area (Å²) in [7, 11) is 3.90. The number of anilines is 1. The second kappa shape index (κ2) is 4.63. The van der Waals surface area contributed by atoms with E-state index in [-0.39, 0.29) is 0 Å². The minimum Gasteiger partial charge on any atom is -0.468 e. The van der Waals surface area contributed by atoms with Crippen LogP contribution in [0.4, 0.5) is 5.82 Å². The molecule has 17 heavy (non-hydrogen) atoms. The van der Waals surface area contributed by atoms with Gasteiger partial charge >= 0.3 is 0 Å². The lowest BCUT2D eigenvalue weighted by Gasteiger charge is -2.15. The number of aromatic nitrogens is 2. The lowest BCUT2D eigenvalue weighted by atomic mass is 10.2.